The number of aryl methyl sites for hydroxylation is 1. The molecule has 2 N–H and O–H groups in total. The van der Waals surface area contributed by atoms with Gasteiger partial charge in [-0.05, 0) is 36.2 Å². The minimum absolute atomic E-state index is 0.00370. The summed E-state index contributed by atoms with van der Waals surface area (Å²) >= 11 is 0. The van der Waals surface area contributed by atoms with Crippen LogP contribution in [0.5, 0.6) is 0 Å². The fraction of sp³-hybridized carbons (Fsp3) is 0.188. The molecule has 0 unspecified atom stereocenters. The maximum absolute atomic E-state index is 13.4. The van der Waals surface area contributed by atoms with E-state index >= 15 is 0 Å². The van der Waals surface area contributed by atoms with Crippen molar-refractivity contribution in [2.24, 2.45) is 0 Å². The molecule has 2 aromatic rings. The Bertz CT molecular complexity index is 789. The summed E-state index contributed by atoms with van der Waals surface area (Å²) in [6.07, 6.45) is 0.804. The Morgan fingerprint density at radius 3 is 2.35 bits per heavy atom. The molecule has 0 aliphatic heterocycles. The molecule has 2 rings (SSSR count). The van der Waals surface area contributed by atoms with Gasteiger partial charge >= 0.3 is 0 Å². The van der Waals surface area contributed by atoms with Gasteiger partial charge < -0.3 is 5.32 Å². The predicted molar refractivity (Wildman–Crippen MR) is 86.0 cm³/mol. The van der Waals surface area contributed by atoms with E-state index in [1.165, 1.54) is 30.3 Å². The zero-order valence-corrected chi connectivity index (χ0v) is 13.4. The Morgan fingerprint density at radius 1 is 1.09 bits per heavy atom. The highest BCUT2D eigenvalue weighted by Gasteiger charge is 2.15. The van der Waals surface area contributed by atoms with E-state index in [-0.39, 0.29) is 10.6 Å². The first kappa shape index (κ1) is 17.1. The highest BCUT2D eigenvalue weighted by molar-refractivity contribution is 7.89. The third-order valence-corrected chi connectivity index (χ3v) is 4.63. The number of rotatable bonds is 6. The van der Waals surface area contributed by atoms with Gasteiger partial charge in [-0.1, -0.05) is 31.2 Å². The first-order chi connectivity index (χ1) is 10.9. The van der Waals surface area contributed by atoms with Gasteiger partial charge in [-0.2, -0.15) is 0 Å². The molecule has 2 aromatic carbocycles. The minimum Gasteiger partial charge on any atom is -0.322 e. The molecule has 23 heavy (non-hydrogen) atoms. The second-order valence-electron chi connectivity index (χ2n) is 4.85. The van der Waals surface area contributed by atoms with Gasteiger partial charge in [0, 0.05) is 0 Å². The number of hydrogen-bond acceptors (Lipinski definition) is 3. The smallest absolute Gasteiger partial charge is 0.241 e. The van der Waals surface area contributed by atoms with Gasteiger partial charge in [-0.15, -0.1) is 0 Å². The molecule has 0 bridgehead atoms. The summed E-state index contributed by atoms with van der Waals surface area (Å²) in [4.78, 5) is 11.8. The molecule has 0 spiro atoms. The normalized spacial score (nSPS) is 11.2. The monoisotopic (exact) mass is 336 g/mol. The summed E-state index contributed by atoms with van der Waals surface area (Å²) in [7, 11) is -3.79. The summed E-state index contributed by atoms with van der Waals surface area (Å²) in [6.45, 7) is 1.49. The lowest BCUT2D eigenvalue weighted by Gasteiger charge is -2.09. The summed E-state index contributed by atoms with van der Waals surface area (Å²) in [5.41, 5.74) is 1.02. The van der Waals surface area contributed by atoms with Crippen molar-refractivity contribution in [2.75, 3.05) is 11.9 Å². The molecule has 0 saturated heterocycles. The van der Waals surface area contributed by atoms with Crippen molar-refractivity contribution in [3.8, 4) is 0 Å². The lowest BCUT2D eigenvalue weighted by atomic mass is 10.2. The number of benzene rings is 2. The average molecular weight is 336 g/mol. The molecule has 1 amide bonds. The number of para-hydroxylation sites is 1. The van der Waals surface area contributed by atoms with Crippen LogP contribution in [0, 0.1) is 5.82 Å². The number of hydrogen-bond donors (Lipinski definition) is 2. The summed E-state index contributed by atoms with van der Waals surface area (Å²) in [5, 5.41) is 2.31. The van der Waals surface area contributed by atoms with Crippen LogP contribution in [0.1, 0.15) is 12.5 Å². The Kier molecular flexibility index (Phi) is 5.46. The zero-order chi connectivity index (χ0) is 16.9. The quantitative estimate of drug-likeness (QED) is 0.850. The van der Waals surface area contributed by atoms with Crippen LogP contribution in [0.2, 0.25) is 0 Å². The van der Waals surface area contributed by atoms with Crippen LogP contribution in [0.3, 0.4) is 0 Å². The van der Waals surface area contributed by atoms with Gasteiger partial charge in [-0.3, -0.25) is 4.79 Å². The minimum atomic E-state index is -3.79. The van der Waals surface area contributed by atoms with Crippen LogP contribution in [0.4, 0.5) is 10.1 Å². The molecule has 0 radical (unpaired) electrons. The van der Waals surface area contributed by atoms with E-state index in [0.717, 1.165) is 12.0 Å². The van der Waals surface area contributed by atoms with Gasteiger partial charge in [0.25, 0.3) is 0 Å². The Morgan fingerprint density at radius 2 is 1.74 bits per heavy atom. The number of carbonyl (C=O) groups excluding carboxylic acids is 1. The molecule has 0 aromatic heterocycles. The van der Waals surface area contributed by atoms with E-state index in [1.807, 2.05) is 6.92 Å². The van der Waals surface area contributed by atoms with Gasteiger partial charge in [0.05, 0.1) is 17.1 Å². The van der Waals surface area contributed by atoms with Gasteiger partial charge in [0.1, 0.15) is 5.82 Å². The Hall–Kier alpha value is -2.25. The number of sulfonamides is 1. The second kappa shape index (κ2) is 7.34. The molecule has 0 atom stereocenters. The van der Waals surface area contributed by atoms with Crippen molar-refractivity contribution >= 4 is 21.6 Å². The number of halogens is 1. The van der Waals surface area contributed by atoms with Crippen LogP contribution in [0.25, 0.3) is 0 Å². The zero-order valence-electron chi connectivity index (χ0n) is 12.5. The van der Waals surface area contributed by atoms with Crippen LogP contribution < -0.4 is 10.0 Å². The average Bonchev–Trinajstić information content (AvgIpc) is 2.55. The molecule has 5 nitrogen and oxygen atoms in total. The summed E-state index contributed by atoms with van der Waals surface area (Å²) < 4.78 is 39.8. The van der Waals surface area contributed by atoms with E-state index < -0.39 is 28.3 Å². The molecular weight excluding hydrogens is 319 g/mol. The third-order valence-electron chi connectivity index (χ3n) is 3.21. The van der Waals surface area contributed by atoms with Crippen molar-refractivity contribution in [1.29, 1.82) is 0 Å². The van der Waals surface area contributed by atoms with Gasteiger partial charge in [0.15, 0.2) is 0 Å². The summed E-state index contributed by atoms with van der Waals surface area (Å²) in [5.74, 6) is -1.23. The first-order valence-electron chi connectivity index (χ1n) is 7.05. The van der Waals surface area contributed by atoms with Crippen LogP contribution in [0.15, 0.2) is 53.4 Å². The predicted octanol–water partition coefficient (Wildman–Crippen LogP) is 2.31. The Balaban J connectivity index is 1.98. The van der Waals surface area contributed by atoms with E-state index in [4.69, 9.17) is 0 Å². The molecular formula is C16H17FN2O3S. The maximum Gasteiger partial charge on any atom is 0.241 e. The van der Waals surface area contributed by atoms with Crippen molar-refractivity contribution < 1.29 is 17.6 Å². The standard InChI is InChI=1S/C16H17FN2O3S/c1-2-12-7-9-13(10-8-12)23(21,22)18-11-16(20)19-15-6-4-3-5-14(15)17/h3-10,18H,2,11H2,1H3,(H,19,20). The third kappa shape index (κ3) is 4.61. The number of anilines is 1. The highest BCUT2D eigenvalue weighted by Crippen LogP contribution is 2.13. The van der Waals surface area contributed by atoms with Crippen molar-refractivity contribution in [2.45, 2.75) is 18.2 Å². The van der Waals surface area contributed by atoms with E-state index in [0.29, 0.717) is 0 Å². The number of nitrogens with one attached hydrogen (secondary N) is 2. The number of carbonyl (C=O) groups is 1. The van der Waals surface area contributed by atoms with Crippen molar-refractivity contribution in [3.63, 3.8) is 0 Å². The molecule has 122 valence electrons. The lowest BCUT2D eigenvalue weighted by Crippen LogP contribution is -2.33. The summed E-state index contributed by atoms with van der Waals surface area (Å²) in [6, 6.07) is 12.1. The van der Waals surface area contributed by atoms with E-state index in [2.05, 4.69) is 10.0 Å². The first-order valence-corrected chi connectivity index (χ1v) is 8.53. The van der Waals surface area contributed by atoms with Gasteiger partial charge in [-0.25, -0.2) is 17.5 Å². The molecule has 7 heteroatoms. The topological polar surface area (TPSA) is 75.3 Å². The van der Waals surface area contributed by atoms with E-state index in [1.54, 1.807) is 18.2 Å². The fourth-order valence-electron chi connectivity index (χ4n) is 1.91. The molecule has 0 fully saturated rings. The van der Waals surface area contributed by atoms with Gasteiger partial charge in [0.2, 0.25) is 15.9 Å². The number of amides is 1. The SMILES string of the molecule is CCc1ccc(S(=O)(=O)NCC(=O)Nc2ccccc2F)cc1. The maximum atomic E-state index is 13.4. The van der Waals surface area contributed by atoms with Crippen LogP contribution in [-0.2, 0) is 21.2 Å². The van der Waals surface area contributed by atoms with Crippen molar-refractivity contribution in [3.05, 3.63) is 59.9 Å². The Labute approximate surface area is 134 Å². The lowest BCUT2D eigenvalue weighted by molar-refractivity contribution is -0.115. The van der Waals surface area contributed by atoms with Crippen LogP contribution >= 0.6 is 0 Å². The highest BCUT2D eigenvalue weighted by atomic mass is 32.2. The second-order valence-corrected chi connectivity index (χ2v) is 6.62. The molecule has 0 heterocycles. The van der Waals surface area contributed by atoms with Crippen molar-refractivity contribution in [1.82, 2.24) is 4.72 Å². The molecule has 0 saturated carbocycles. The van der Waals surface area contributed by atoms with Crippen LogP contribution in [-0.4, -0.2) is 20.9 Å². The van der Waals surface area contributed by atoms with E-state index in [9.17, 15) is 17.6 Å². The largest absolute Gasteiger partial charge is 0.322 e. The molecule has 0 aliphatic rings. The molecule has 0 aliphatic carbocycles. The fourth-order valence-corrected chi connectivity index (χ4v) is 2.89.